The van der Waals surface area contributed by atoms with Crippen LogP contribution in [0, 0.1) is 0 Å². The standard InChI is InChI=1S/C11H13NO4S/c12-9(11(13)14)6-8-3-1-2-7-4-5-17(15,16)10(7)8/h1-3,9H,4-6,12H2,(H,13,14). The first kappa shape index (κ1) is 12.1. The van der Waals surface area contributed by atoms with Gasteiger partial charge in [-0.1, -0.05) is 18.2 Å². The Hall–Kier alpha value is -1.40. The molecule has 0 saturated carbocycles. The van der Waals surface area contributed by atoms with Crippen molar-refractivity contribution in [2.75, 3.05) is 5.75 Å². The highest BCUT2D eigenvalue weighted by molar-refractivity contribution is 7.91. The third kappa shape index (κ3) is 2.18. The van der Waals surface area contributed by atoms with Gasteiger partial charge in [-0.3, -0.25) is 4.79 Å². The van der Waals surface area contributed by atoms with Gasteiger partial charge in [0.1, 0.15) is 6.04 Å². The van der Waals surface area contributed by atoms with Gasteiger partial charge in [0.2, 0.25) is 0 Å². The molecule has 0 fully saturated rings. The van der Waals surface area contributed by atoms with E-state index >= 15 is 0 Å². The van der Waals surface area contributed by atoms with E-state index in [1.54, 1.807) is 18.2 Å². The first-order valence-electron chi connectivity index (χ1n) is 5.24. The van der Waals surface area contributed by atoms with E-state index in [-0.39, 0.29) is 17.1 Å². The highest BCUT2D eigenvalue weighted by Gasteiger charge is 2.29. The molecule has 1 heterocycles. The highest BCUT2D eigenvalue weighted by Crippen LogP contribution is 2.29. The van der Waals surface area contributed by atoms with Crippen LogP contribution in [-0.4, -0.2) is 31.3 Å². The van der Waals surface area contributed by atoms with Crippen molar-refractivity contribution < 1.29 is 18.3 Å². The van der Waals surface area contributed by atoms with Crippen LogP contribution < -0.4 is 5.73 Å². The minimum absolute atomic E-state index is 0.0394. The van der Waals surface area contributed by atoms with Crippen LogP contribution in [0.5, 0.6) is 0 Å². The molecule has 0 saturated heterocycles. The molecule has 92 valence electrons. The van der Waals surface area contributed by atoms with E-state index < -0.39 is 21.8 Å². The van der Waals surface area contributed by atoms with E-state index in [0.29, 0.717) is 12.0 Å². The van der Waals surface area contributed by atoms with Crippen LogP contribution in [0.3, 0.4) is 0 Å². The predicted molar refractivity (Wildman–Crippen MR) is 61.5 cm³/mol. The molecule has 6 heteroatoms. The summed E-state index contributed by atoms with van der Waals surface area (Å²) in [6.07, 6.45) is 0.533. The summed E-state index contributed by atoms with van der Waals surface area (Å²) in [7, 11) is -3.26. The third-order valence-electron chi connectivity index (χ3n) is 2.89. The van der Waals surface area contributed by atoms with Crippen molar-refractivity contribution in [2.45, 2.75) is 23.8 Å². The Bertz CT molecular complexity index is 565. The zero-order chi connectivity index (χ0) is 12.6. The van der Waals surface area contributed by atoms with Gasteiger partial charge >= 0.3 is 5.97 Å². The summed E-state index contributed by atoms with van der Waals surface area (Å²) in [6.45, 7) is 0. The number of rotatable bonds is 3. The summed E-state index contributed by atoms with van der Waals surface area (Å²) in [5.74, 6) is -1.03. The molecule has 0 radical (unpaired) electrons. The van der Waals surface area contributed by atoms with Crippen molar-refractivity contribution in [3.8, 4) is 0 Å². The van der Waals surface area contributed by atoms with Crippen molar-refractivity contribution in [1.82, 2.24) is 0 Å². The van der Waals surface area contributed by atoms with Gasteiger partial charge in [0.25, 0.3) is 0 Å². The number of hydrogen-bond donors (Lipinski definition) is 2. The largest absolute Gasteiger partial charge is 0.480 e. The van der Waals surface area contributed by atoms with Crippen molar-refractivity contribution in [3.63, 3.8) is 0 Å². The van der Waals surface area contributed by atoms with Crippen LogP contribution in [0.4, 0.5) is 0 Å². The SMILES string of the molecule is NC(Cc1cccc2c1S(=O)(=O)CC2)C(=O)O. The monoisotopic (exact) mass is 255 g/mol. The normalized spacial score (nSPS) is 18.6. The second kappa shape index (κ2) is 4.12. The van der Waals surface area contributed by atoms with E-state index in [4.69, 9.17) is 10.8 Å². The van der Waals surface area contributed by atoms with Gasteiger partial charge in [0.15, 0.2) is 9.84 Å². The average Bonchev–Trinajstić information content (AvgIpc) is 2.56. The van der Waals surface area contributed by atoms with Crippen molar-refractivity contribution in [3.05, 3.63) is 29.3 Å². The number of carboxylic acids is 1. The Morgan fingerprint density at radius 3 is 2.82 bits per heavy atom. The quantitative estimate of drug-likeness (QED) is 0.790. The lowest BCUT2D eigenvalue weighted by Crippen LogP contribution is -2.32. The Kier molecular flexibility index (Phi) is 2.92. The minimum atomic E-state index is -3.26. The molecule has 3 N–H and O–H groups in total. The number of nitrogens with two attached hydrogens (primary N) is 1. The average molecular weight is 255 g/mol. The number of carbonyl (C=O) groups is 1. The van der Waals surface area contributed by atoms with Gasteiger partial charge < -0.3 is 10.8 Å². The molecule has 1 aliphatic heterocycles. The smallest absolute Gasteiger partial charge is 0.320 e. The van der Waals surface area contributed by atoms with E-state index in [2.05, 4.69) is 0 Å². The summed E-state index contributed by atoms with van der Waals surface area (Å²) >= 11 is 0. The Morgan fingerprint density at radius 2 is 2.18 bits per heavy atom. The summed E-state index contributed by atoms with van der Waals surface area (Å²) < 4.78 is 23.7. The molecule has 1 aromatic rings. The minimum Gasteiger partial charge on any atom is -0.480 e. The molecule has 1 aromatic carbocycles. The van der Waals surface area contributed by atoms with Gasteiger partial charge in [-0.25, -0.2) is 8.42 Å². The first-order chi connectivity index (χ1) is 7.92. The van der Waals surface area contributed by atoms with Crippen LogP contribution in [0.25, 0.3) is 0 Å². The lowest BCUT2D eigenvalue weighted by molar-refractivity contribution is -0.138. The molecule has 0 amide bonds. The second-order valence-electron chi connectivity index (χ2n) is 4.12. The van der Waals surface area contributed by atoms with Crippen LogP contribution in [0.15, 0.2) is 23.1 Å². The Morgan fingerprint density at radius 1 is 1.47 bits per heavy atom. The van der Waals surface area contributed by atoms with Crippen LogP contribution in [0.1, 0.15) is 11.1 Å². The summed E-state index contributed by atoms with van der Waals surface area (Å²) in [4.78, 5) is 11.0. The van der Waals surface area contributed by atoms with Crippen molar-refractivity contribution >= 4 is 15.8 Å². The molecule has 0 aliphatic carbocycles. The first-order valence-corrected chi connectivity index (χ1v) is 6.89. The molecule has 1 atom stereocenters. The lowest BCUT2D eigenvalue weighted by Gasteiger charge is -2.10. The summed E-state index contributed by atoms with van der Waals surface area (Å²) in [5, 5.41) is 8.75. The maximum absolute atomic E-state index is 11.8. The maximum atomic E-state index is 11.8. The molecule has 0 spiro atoms. The molecular formula is C11H13NO4S. The second-order valence-corrected chi connectivity index (χ2v) is 6.17. The van der Waals surface area contributed by atoms with Crippen LogP contribution in [-0.2, 0) is 27.5 Å². The molecule has 17 heavy (non-hydrogen) atoms. The number of sulfone groups is 1. The number of benzene rings is 1. The maximum Gasteiger partial charge on any atom is 0.320 e. The zero-order valence-electron chi connectivity index (χ0n) is 9.09. The van der Waals surface area contributed by atoms with Gasteiger partial charge in [-0.05, 0) is 24.0 Å². The topological polar surface area (TPSA) is 97.5 Å². The molecule has 0 aromatic heterocycles. The van der Waals surface area contributed by atoms with E-state index in [0.717, 1.165) is 5.56 Å². The molecule has 5 nitrogen and oxygen atoms in total. The Balaban J connectivity index is 2.44. The summed E-state index contributed by atoms with van der Waals surface area (Å²) in [5.41, 5.74) is 6.71. The molecular weight excluding hydrogens is 242 g/mol. The predicted octanol–water partition coefficient (Wildman–Crippen LogP) is -0.0292. The fourth-order valence-electron chi connectivity index (χ4n) is 2.07. The van der Waals surface area contributed by atoms with E-state index in [1.165, 1.54) is 0 Å². The number of aryl methyl sites for hydroxylation is 1. The van der Waals surface area contributed by atoms with Gasteiger partial charge in [0.05, 0.1) is 10.6 Å². The van der Waals surface area contributed by atoms with E-state index in [9.17, 15) is 13.2 Å². The fraction of sp³-hybridized carbons (Fsp3) is 0.364. The lowest BCUT2D eigenvalue weighted by atomic mass is 10.0. The summed E-state index contributed by atoms with van der Waals surface area (Å²) in [6, 6.07) is 4.06. The van der Waals surface area contributed by atoms with E-state index in [1.807, 2.05) is 0 Å². The highest BCUT2D eigenvalue weighted by atomic mass is 32.2. The van der Waals surface area contributed by atoms with Crippen molar-refractivity contribution in [2.24, 2.45) is 5.73 Å². The fourth-order valence-corrected chi connectivity index (χ4v) is 3.88. The van der Waals surface area contributed by atoms with Gasteiger partial charge in [0, 0.05) is 0 Å². The van der Waals surface area contributed by atoms with Crippen molar-refractivity contribution in [1.29, 1.82) is 0 Å². The Labute approximate surface area is 99.2 Å². The van der Waals surface area contributed by atoms with Crippen LogP contribution in [0.2, 0.25) is 0 Å². The molecule has 1 unspecified atom stereocenters. The molecule has 2 rings (SSSR count). The third-order valence-corrected chi connectivity index (χ3v) is 4.77. The zero-order valence-corrected chi connectivity index (χ0v) is 9.90. The molecule has 1 aliphatic rings. The van der Waals surface area contributed by atoms with Gasteiger partial charge in [-0.2, -0.15) is 0 Å². The number of carboxylic acid groups (broad SMARTS) is 1. The van der Waals surface area contributed by atoms with Gasteiger partial charge in [-0.15, -0.1) is 0 Å². The number of hydrogen-bond acceptors (Lipinski definition) is 4. The molecule has 0 bridgehead atoms. The number of aliphatic carboxylic acids is 1. The number of fused-ring (bicyclic) bond motifs is 1. The van der Waals surface area contributed by atoms with Crippen LogP contribution >= 0.6 is 0 Å².